The quantitative estimate of drug-likeness (QED) is 0.375. The number of hydrogen-bond donors (Lipinski definition) is 3. The summed E-state index contributed by atoms with van der Waals surface area (Å²) in [5, 5.41) is 16.3. The van der Waals surface area contributed by atoms with Crippen molar-refractivity contribution in [2.45, 2.75) is 6.92 Å². The van der Waals surface area contributed by atoms with E-state index >= 15 is 0 Å². The number of rotatable bonds is 8. The molecule has 38 heavy (non-hydrogen) atoms. The van der Waals surface area contributed by atoms with Crippen LogP contribution in [-0.4, -0.2) is 101 Å². The molecule has 2 aliphatic heterocycles. The summed E-state index contributed by atoms with van der Waals surface area (Å²) in [6, 6.07) is 5.46. The van der Waals surface area contributed by atoms with Crippen LogP contribution in [0.15, 0.2) is 24.4 Å². The highest BCUT2D eigenvalue weighted by molar-refractivity contribution is 7.17. The molecule has 14 heteroatoms. The Hall–Kier alpha value is -3.10. The van der Waals surface area contributed by atoms with Gasteiger partial charge in [0.25, 0.3) is 5.91 Å². The third-order valence-electron chi connectivity index (χ3n) is 6.39. The Morgan fingerprint density at radius 3 is 2.47 bits per heavy atom. The largest absolute Gasteiger partial charge is 0.395 e. The lowest BCUT2D eigenvalue weighted by Gasteiger charge is -2.35. The zero-order valence-electron chi connectivity index (χ0n) is 21.1. The molecule has 0 saturated carbocycles. The van der Waals surface area contributed by atoms with Crippen molar-refractivity contribution in [3.05, 3.63) is 39.9 Å². The Labute approximate surface area is 229 Å². The predicted octanol–water partition coefficient (Wildman–Crippen LogP) is 2.24. The van der Waals surface area contributed by atoms with Crippen molar-refractivity contribution in [1.82, 2.24) is 24.8 Å². The first-order valence-electron chi connectivity index (χ1n) is 12.5. The van der Waals surface area contributed by atoms with E-state index in [9.17, 15) is 9.90 Å². The molecule has 1 amide bonds. The van der Waals surface area contributed by atoms with Crippen LogP contribution in [0.1, 0.15) is 15.2 Å². The number of morpholine rings is 1. The Morgan fingerprint density at radius 1 is 1.08 bits per heavy atom. The molecule has 2 fully saturated rings. The van der Waals surface area contributed by atoms with Crippen LogP contribution in [0.25, 0.3) is 0 Å². The summed E-state index contributed by atoms with van der Waals surface area (Å²) in [5.74, 6) is 1.22. The number of nitrogens with one attached hydrogen (secondary N) is 2. The number of thiazole rings is 1. The molecule has 0 unspecified atom stereocenters. The van der Waals surface area contributed by atoms with Crippen molar-refractivity contribution in [2.24, 2.45) is 0 Å². The summed E-state index contributed by atoms with van der Waals surface area (Å²) in [7, 11) is 0. The van der Waals surface area contributed by atoms with Gasteiger partial charge in [0.15, 0.2) is 5.13 Å². The van der Waals surface area contributed by atoms with E-state index in [0.717, 1.165) is 31.7 Å². The zero-order valence-corrected chi connectivity index (χ0v) is 22.6. The number of amides is 1. The molecular formula is C24H30ClN9O3S. The average molecular weight is 560 g/mol. The second-order valence-electron chi connectivity index (χ2n) is 8.95. The van der Waals surface area contributed by atoms with E-state index in [-0.39, 0.29) is 12.5 Å². The normalized spacial score (nSPS) is 16.5. The van der Waals surface area contributed by atoms with Gasteiger partial charge < -0.3 is 25.0 Å². The number of aromatic nitrogens is 4. The van der Waals surface area contributed by atoms with E-state index in [1.165, 1.54) is 17.5 Å². The van der Waals surface area contributed by atoms with Gasteiger partial charge in [-0.05, 0) is 18.6 Å². The van der Waals surface area contributed by atoms with Crippen LogP contribution in [0.2, 0.25) is 5.02 Å². The minimum Gasteiger partial charge on any atom is -0.395 e. The van der Waals surface area contributed by atoms with Gasteiger partial charge in [0.1, 0.15) is 4.88 Å². The topological polar surface area (TPSA) is 132 Å². The SMILES string of the molecule is Cc1cccc(Cl)c1NC(=O)c1cnc(Nc2nc(N3CCOCC3)nc(N3CCN(CCO)CC3)n2)s1. The summed E-state index contributed by atoms with van der Waals surface area (Å²) in [6.45, 7) is 8.42. The number of nitrogens with zero attached hydrogens (tertiary/aromatic N) is 7. The van der Waals surface area contributed by atoms with Crippen LogP contribution in [0.5, 0.6) is 0 Å². The van der Waals surface area contributed by atoms with E-state index in [4.69, 9.17) is 21.3 Å². The first kappa shape index (κ1) is 26.5. The number of carbonyl (C=O) groups excluding carboxylic acids is 1. The van der Waals surface area contributed by atoms with Gasteiger partial charge in [-0.3, -0.25) is 15.0 Å². The third-order valence-corrected chi connectivity index (χ3v) is 7.61. The van der Waals surface area contributed by atoms with Crippen LogP contribution in [0.3, 0.4) is 0 Å². The molecule has 2 aliphatic rings. The minimum absolute atomic E-state index is 0.146. The standard InChI is InChI=1S/C24H30ClN9O3S/c1-16-3-2-4-17(25)19(16)27-20(36)18-15-26-24(38-18)30-21-28-22(33-7-5-32(6-8-33)9-12-35)31-23(29-21)34-10-13-37-14-11-34/h2-4,15,35H,5-14H2,1H3,(H,27,36)(H,26,28,29,30,31). The van der Waals surface area contributed by atoms with E-state index in [1.54, 1.807) is 6.07 Å². The second-order valence-corrected chi connectivity index (χ2v) is 10.4. The summed E-state index contributed by atoms with van der Waals surface area (Å²) in [6.07, 6.45) is 1.51. The molecule has 0 spiro atoms. The molecular weight excluding hydrogens is 530 g/mol. The number of anilines is 5. The van der Waals surface area contributed by atoms with E-state index in [1.807, 2.05) is 19.1 Å². The Morgan fingerprint density at radius 2 is 1.79 bits per heavy atom. The minimum atomic E-state index is -0.294. The predicted molar refractivity (Wildman–Crippen MR) is 148 cm³/mol. The number of benzene rings is 1. The van der Waals surface area contributed by atoms with Gasteiger partial charge in [-0.25, -0.2) is 4.98 Å². The highest BCUT2D eigenvalue weighted by Crippen LogP contribution is 2.28. The highest BCUT2D eigenvalue weighted by atomic mass is 35.5. The smallest absolute Gasteiger partial charge is 0.267 e. The van der Waals surface area contributed by atoms with Gasteiger partial charge in [0, 0.05) is 45.8 Å². The molecule has 0 bridgehead atoms. The van der Waals surface area contributed by atoms with Gasteiger partial charge in [-0.2, -0.15) is 15.0 Å². The maximum absolute atomic E-state index is 12.9. The average Bonchev–Trinajstić information content (AvgIpc) is 3.40. The third kappa shape index (κ3) is 6.30. The zero-order chi connectivity index (χ0) is 26.5. The molecule has 202 valence electrons. The molecule has 3 N–H and O–H groups in total. The summed E-state index contributed by atoms with van der Waals surface area (Å²) < 4.78 is 5.49. The molecule has 0 atom stereocenters. The molecule has 12 nitrogen and oxygen atoms in total. The fourth-order valence-electron chi connectivity index (χ4n) is 4.27. The molecule has 0 radical (unpaired) electrons. The van der Waals surface area contributed by atoms with Crippen LogP contribution in [-0.2, 0) is 4.74 Å². The number of hydrogen-bond acceptors (Lipinski definition) is 12. The first-order chi connectivity index (χ1) is 18.5. The first-order valence-corrected chi connectivity index (χ1v) is 13.7. The number of carbonyl (C=O) groups is 1. The molecule has 1 aromatic carbocycles. The number of piperazine rings is 1. The van der Waals surface area contributed by atoms with Crippen molar-refractivity contribution >= 4 is 57.5 Å². The molecule has 0 aliphatic carbocycles. The maximum atomic E-state index is 12.9. The van der Waals surface area contributed by atoms with Gasteiger partial charge >= 0.3 is 0 Å². The number of ether oxygens (including phenoxy) is 1. The number of aryl methyl sites for hydroxylation is 1. The Bertz CT molecular complexity index is 1240. The van der Waals surface area contributed by atoms with Crippen molar-refractivity contribution < 1.29 is 14.6 Å². The molecule has 4 heterocycles. The summed E-state index contributed by atoms with van der Waals surface area (Å²) in [4.78, 5) is 38.2. The monoisotopic (exact) mass is 559 g/mol. The van der Waals surface area contributed by atoms with Crippen LogP contribution in [0, 0.1) is 6.92 Å². The fraction of sp³-hybridized carbons (Fsp3) is 0.458. The number of β-amino-alcohol motifs (C(OH)–C–C–N with tert-alkyl or cyclic N) is 1. The van der Waals surface area contributed by atoms with E-state index < -0.39 is 0 Å². The number of halogens is 1. The Kier molecular flexibility index (Phi) is 8.49. The highest BCUT2D eigenvalue weighted by Gasteiger charge is 2.23. The van der Waals surface area contributed by atoms with Gasteiger partial charge in [-0.1, -0.05) is 35.1 Å². The van der Waals surface area contributed by atoms with Crippen molar-refractivity contribution in [1.29, 1.82) is 0 Å². The van der Waals surface area contributed by atoms with Crippen LogP contribution >= 0.6 is 22.9 Å². The van der Waals surface area contributed by atoms with Crippen LogP contribution in [0.4, 0.5) is 28.7 Å². The van der Waals surface area contributed by atoms with Crippen LogP contribution < -0.4 is 20.4 Å². The molecule has 3 aromatic rings. The van der Waals surface area contributed by atoms with Gasteiger partial charge in [-0.15, -0.1) is 0 Å². The lowest BCUT2D eigenvalue weighted by Crippen LogP contribution is -2.48. The summed E-state index contributed by atoms with van der Waals surface area (Å²) >= 11 is 7.46. The van der Waals surface area contributed by atoms with Gasteiger partial charge in [0.2, 0.25) is 17.8 Å². The van der Waals surface area contributed by atoms with Crippen molar-refractivity contribution in [2.75, 3.05) is 86.1 Å². The van der Waals surface area contributed by atoms with E-state index in [0.29, 0.717) is 71.4 Å². The maximum Gasteiger partial charge on any atom is 0.267 e. The van der Waals surface area contributed by atoms with Crippen molar-refractivity contribution in [3.63, 3.8) is 0 Å². The number of aliphatic hydroxyl groups excluding tert-OH is 1. The Balaban J connectivity index is 1.34. The molecule has 2 saturated heterocycles. The van der Waals surface area contributed by atoms with Gasteiger partial charge in [0.05, 0.1) is 36.7 Å². The number of para-hydroxylation sites is 1. The second kappa shape index (κ2) is 12.2. The fourth-order valence-corrected chi connectivity index (χ4v) is 5.24. The number of aliphatic hydroxyl groups is 1. The van der Waals surface area contributed by atoms with Crippen molar-refractivity contribution in [3.8, 4) is 0 Å². The lowest BCUT2D eigenvalue weighted by atomic mass is 10.2. The molecule has 2 aromatic heterocycles. The summed E-state index contributed by atoms with van der Waals surface area (Å²) in [5.41, 5.74) is 1.46. The molecule has 5 rings (SSSR count). The lowest BCUT2D eigenvalue weighted by molar-refractivity contribution is 0.103. The van der Waals surface area contributed by atoms with E-state index in [2.05, 4.69) is 40.3 Å².